The zero-order valence-electron chi connectivity index (χ0n) is 31.3. The number of benzene rings is 3. The van der Waals surface area contributed by atoms with Gasteiger partial charge in [0.05, 0.1) is 17.1 Å². The van der Waals surface area contributed by atoms with Crippen LogP contribution >= 0.6 is 0 Å². The maximum Gasteiger partial charge on any atom is 0.310 e. The SMILES string of the molecule is Cc1c(Nc2nc(C(F)F)cc3cc(CN4CCC(O)C4)cnc23)cccc1-c1cccc(-c2nc3cc(CN4CCC(C)(C(=O)O)C4)cc(C#N)c3o2)c1C. The molecule has 0 saturated carbocycles. The lowest BCUT2D eigenvalue weighted by Crippen LogP contribution is -2.31. The number of nitriles is 1. The summed E-state index contributed by atoms with van der Waals surface area (Å²) >= 11 is 0. The zero-order chi connectivity index (χ0) is 39.3. The Morgan fingerprint density at radius 1 is 1.02 bits per heavy atom. The molecule has 13 heteroatoms. The van der Waals surface area contributed by atoms with E-state index in [-0.39, 0.29) is 17.6 Å². The molecule has 2 aliphatic rings. The van der Waals surface area contributed by atoms with Crippen LogP contribution in [0.4, 0.5) is 20.3 Å². The molecule has 286 valence electrons. The molecule has 0 radical (unpaired) electrons. The van der Waals surface area contributed by atoms with Crippen molar-refractivity contribution in [2.24, 2.45) is 5.41 Å². The number of likely N-dealkylation sites (tertiary alicyclic amines) is 2. The van der Waals surface area contributed by atoms with Crippen LogP contribution in [0.1, 0.15) is 59.7 Å². The van der Waals surface area contributed by atoms with Crippen LogP contribution in [0, 0.1) is 30.6 Å². The Bertz CT molecular complexity index is 2550. The molecule has 2 saturated heterocycles. The third-order valence-corrected chi connectivity index (χ3v) is 11.2. The molecule has 2 unspecified atom stereocenters. The number of anilines is 2. The lowest BCUT2D eigenvalue weighted by molar-refractivity contribution is -0.147. The van der Waals surface area contributed by atoms with Crippen molar-refractivity contribution in [3.05, 3.63) is 100 Å². The molecule has 3 N–H and O–H groups in total. The summed E-state index contributed by atoms with van der Waals surface area (Å²) in [5, 5.41) is 33.5. The summed E-state index contributed by atoms with van der Waals surface area (Å²) in [7, 11) is 0. The Kier molecular flexibility index (Phi) is 9.74. The highest BCUT2D eigenvalue weighted by atomic mass is 19.3. The highest BCUT2D eigenvalue weighted by Crippen LogP contribution is 2.39. The lowest BCUT2D eigenvalue weighted by atomic mass is 9.90. The first kappa shape index (κ1) is 37.1. The van der Waals surface area contributed by atoms with Gasteiger partial charge in [-0.1, -0.05) is 24.3 Å². The van der Waals surface area contributed by atoms with Crippen molar-refractivity contribution in [1.29, 1.82) is 5.26 Å². The Labute approximate surface area is 322 Å². The standard InChI is InChI=1S/C43H41F2N7O4/c1-24-31(6-4-8-33(24)41-50-35-16-26(14-29(18-46)38(35)56-41)20-52-13-11-43(3,23-52)42(54)55)32-7-5-9-34(25(32)2)48-40-37-28(17-36(49-40)39(44)45)15-27(19-47-37)21-51-12-10-30(53)22-51/h4-9,14-17,19,30,39,53H,10-13,20-23H2,1-3H3,(H,48,49)(H,54,55). The lowest BCUT2D eigenvalue weighted by Gasteiger charge is -2.20. The van der Waals surface area contributed by atoms with Crippen molar-refractivity contribution >= 4 is 39.5 Å². The molecule has 3 aromatic heterocycles. The van der Waals surface area contributed by atoms with Gasteiger partial charge in [0.15, 0.2) is 11.4 Å². The number of aliphatic carboxylic acids is 1. The van der Waals surface area contributed by atoms with Crippen molar-refractivity contribution in [3.63, 3.8) is 0 Å². The summed E-state index contributed by atoms with van der Waals surface area (Å²) in [5.41, 5.74) is 7.33. The number of aromatic nitrogens is 3. The molecule has 2 atom stereocenters. The fourth-order valence-corrected chi connectivity index (χ4v) is 8.06. The van der Waals surface area contributed by atoms with Gasteiger partial charge in [0.25, 0.3) is 6.43 Å². The number of alkyl halides is 2. The first-order valence-electron chi connectivity index (χ1n) is 18.6. The summed E-state index contributed by atoms with van der Waals surface area (Å²) in [6.07, 6.45) is -0.146. The van der Waals surface area contributed by atoms with E-state index in [9.17, 15) is 29.1 Å². The van der Waals surface area contributed by atoms with Crippen molar-refractivity contribution in [2.45, 2.75) is 59.2 Å². The molecule has 2 fully saturated rings. The van der Waals surface area contributed by atoms with Gasteiger partial charge in [-0.3, -0.25) is 19.6 Å². The maximum absolute atomic E-state index is 14.1. The molecule has 0 aliphatic carbocycles. The van der Waals surface area contributed by atoms with Crippen LogP contribution in [0.2, 0.25) is 0 Å². The van der Waals surface area contributed by atoms with E-state index in [1.54, 1.807) is 19.2 Å². The Balaban J connectivity index is 1.09. The van der Waals surface area contributed by atoms with Crippen molar-refractivity contribution in [1.82, 2.24) is 24.8 Å². The predicted molar refractivity (Wildman–Crippen MR) is 208 cm³/mol. The van der Waals surface area contributed by atoms with Crippen molar-refractivity contribution < 1.29 is 28.2 Å². The molecule has 8 rings (SSSR count). The topological polar surface area (TPSA) is 152 Å². The zero-order valence-corrected chi connectivity index (χ0v) is 31.3. The Morgan fingerprint density at radius 2 is 1.77 bits per heavy atom. The van der Waals surface area contributed by atoms with Gasteiger partial charge in [-0.05, 0) is 110 Å². The van der Waals surface area contributed by atoms with Gasteiger partial charge in [-0.2, -0.15) is 5.26 Å². The van der Waals surface area contributed by atoms with E-state index >= 15 is 0 Å². The van der Waals surface area contributed by atoms with Gasteiger partial charge in [0, 0.05) is 55.6 Å². The number of oxazole rings is 1. The largest absolute Gasteiger partial charge is 0.481 e. The first-order chi connectivity index (χ1) is 26.9. The number of carbonyl (C=O) groups is 1. The average molecular weight is 758 g/mol. The number of carboxylic acid groups (broad SMARTS) is 1. The number of hydrogen-bond acceptors (Lipinski definition) is 10. The minimum atomic E-state index is -2.78. The van der Waals surface area contributed by atoms with Gasteiger partial charge < -0.3 is 19.9 Å². The van der Waals surface area contributed by atoms with Crippen LogP contribution in [-0.2, 0) is 17.9 Å². The molecule has 0 amide bonds. The van der Waals surface area contributed by atoms with Crippen molar-refractivity contribution in [2.75, 3.05) is 31.5 Å². The number of nitrogens with zero attached hydrogens (tertiary/aromatic N) is 6. The molecule has 6 aromatic rings. The summed E-state index contributed by atoms with van der Waals surface area (Å²) in [4.78, 5) is 29.8. The fraction of sp³-hybridized carbons (Fsp3) is 0.326. The number of fused-ring (bicyclic) bond motifs is 2. The highest BCUT2D eigenvalue weighted by Gasteiger charge is 2.40. The second kappa shape index (κ2) is 14.7. The number of nitrogens with one attached hydrogen (secondary N) is 1. The summed E-state index contributed by atoms with van der Waals surface area (Å²) in [6, 6.07) is 20.8. The van der Waals surface area contributed by atoms with Gasteiger partial charge in [-0.25, -0.2) is 18.7 Å². The number of carboxylic acids is 1. The number of rotatable bonds is 10. The Hall–Kier alpha value is -5.81. The molecular formula is C43H41F2N7O4. The number of aliphatic hydroxyl groups is 1. The summed E-state index contributed by atoms with van der Waals surface area (Å²) < 4.78 is 34.5. The molecule has 0 bridgehead atoms. The molecule has 5 heterocycles. The van der Waals surface area contributed by atoms with Crippen LogP contribution in [0.15, 0.2) is 71.3 Å². The minimum absolute atomic E-state index is 0.228. The van der Waals surface area contributed by atoms with E-state index in [2.05, 4.69) is 31.2 Å². The number of halogens is 2. The van der Waals surface area contributed by atoms with Crippen molar-refractivity contribution in [3.8, 4) is 28.7 Å². The van der Waals surface area contributed by atoms with Crippen LogP contribution in [0.5, 0.6) is 0 Å². The van der Waals surface area contributed by atoms with Crippen LogP contribution in [0.3, 0.4) is 0 Å². The van der Waals surface area contributed by atoms with Gasteiger partial charge >= 0.3 is 5.97 Å². The van der Waals surface area contributed by atoms with E-state index in [1.807, 2.05) is 62.4 Å². The van der Waals surface area contributed by atoms with Crippen LogP contribution < -0.4 is 5.32 Å². The Morgan fingerprint density at radius 3 is 2.48 bits per heavy atom. The molecule has 0 spiro atoms. The number of β-amino-alcohol motifs (C(OH)–C–C–N with tert-alkyl or cyclic N) is 1. The number of hydrogen-bond donors (Lipinski definition) is 3. The quantitative estimate of drug-likeness (QED) is 0.124. The molecular weight excluding hydrogens is 717 g/mol. The predicted octanol–water partition coefficient (Wildman–Crippen LogP) is 8.14. The number of pyridine rings is 2. The van der Waals surface area contributed by atoms with E-state index in [4.69, 9.17) is 9.40 Å². The molecule has 2 aliphatic heterocycles. The highest BCUT2D eigenvalue weighted by molar-refractivity contribution is 5.92. The average Bonchev–Trinajstić information content (AvgIpc) is 3.90. The molecule has 3 aromatic carbocycles. The maximum atomic E-state index is 14.1. The van der Waals surface area contributed by atoms with Crippen LogP contribution in [0.25, 0.3) is 44.6 Å². The third kappa shape index (κ3) is 7.07. The van der Waals surface area contributed by atoms with E-state index in [0.29, 0.717) is 84.7 Å². The fourth-order valence-electron chi connectivity index (χ4n) is 8.06. The monoisotopic (exact) mass is 757 g/mol. The second-order valence-electron chi connectivity index (χ2n) is 15.3. The van der Waals surface area contributed by atoms with E-state index in [1.165, 1.54) is 6.07 Å². The first-order valence-corrected chi connectivity index (χ1v) is 18.6. The third-order valence-electron chi connectivity index (χ3n) is 11.2. The summed E-state index contributed by atoms with van der Waals surface area (Å²) in [5.74, 6) is -0.213. The molecule has 56 heavy (non-hydrogen) atoms. The van der Waals surface area contributed by atoms with Gasteiger partial charge in [0.1, 0.15) is 22.8 Å². The second-order valence-corrected chi connectivity index (χ2v) is 15.3. The van der Waals surface area contributed by atoms with E-state index < -0.39 is 17.8 Å². The smallest absolute Gasteiger partial charge is 0.310 e. The van der Waals surface area contributed by atoms with E-state index in [0.717, 1.165) is 45.5 Å². The number of aliphatic hydroxyl groups excluding tert-OH is 1. The minimum Gasteiger partial charge on any atom is -0.481 e. The van der Waals surface area contributed by atoms with Gasteiger partial charge in [-0.15, -0.1) is 0 Å². The normalized spacial score (nSPS) is 19.0. The molecule has 11 nitrogen and oxygen atoms in total. The van der Waals surface area contributed by atoms with Crippen LogP contribution in [-0.4, -0.2) is 73.2 Å². The van der Waals surface area contributed by atoms with Gasteiger partial charge in [0.2, 0.25) is 5.89 Å². The summed E-state index contributed by atoms with van der Waals surface area (Å²) in [6.45, 7) is 9.15.